The van der Waals surface area contributed by atoms with Crippen molar-refractivity contribution in [1.29, 1.82) is 0 Å². The summed E-state index contributed by atoms with van der Waals surface area (Å²) in [6.45, 7) is 2.97. The second-order valence-corrected chi connectivity index (χ2v) is 5.19. The van der Waals surface area contributed by atoms with Crippen LogP contribution in [0.25, 0.3) is 5.52 Å². The minimum atomic E-state index is -0.114. The Morgan fingerprint density at radius 3 is 3.20 bits per heavy atom. The molecule has 2 aromatic heterocycles. The highest BCUT2D eigenvalue weighted by molar-refractivity contribution is 6.18. The van der Waals surface area contributed by atoms with E-state index in [2.05, 4.69) is 10.1 Å². The van der Waals surface area contributed by atoms with Gasteiger partial charge >= 0.3 is 0 Å². The van der Waals surface area contributed by atoms with E-state index in [-0.39, 0.29) is 18.1 Å². The van der Waals surface area contributed by atoms with Crippen LogP contribution in [-0.2, 0) is 4.74 Å². The zero-order valence-corrected chi connectivity index (χ0v) is 11.8. The van der Waals surface area contributed by atoms with Crippen molar-refractivity contribution in [2.24, 2.45) is 0 Å². The molecule has 1 aliphatic heterocycles. The third-order valence-electron chi connectivity index (χ3n) is 3.49. The van der Waals surface area contributed by atoms with Crippen LogP contribution in [0.3, 0.4) is 0 Å². The molecule has 3 rings (SSSR count). The Hall–Kier alpha value is -1.66. The highest BCUT2D eigenvalue weighted by Gasteiger charge is 2.31. The molecule has 6 nitrogen and oxygen atoms in total. The van der Waals surface area contributed by atoms with E-state index in [4.69, 9.17) is 16.3 Å². The lowest BCUT2D eigenvalue weighted by Crippen LogP contribution is -2.51. The SMILES string of the molecule is CC1COC(CCl)CN1C(=O)c1cnn2ccncc12. The second-order valence-electron chi connectivity index (χ2n) is 4.88. The van der Waals surface area contributed by atoms with E-state index < -0.39 is 0 Å². The number of rotatable bonds is 2. The largest absolute Gasteiger partial charge is 0.373 e. The van der Waals surface area contributed by atoms with Crippen molar-refractivity contribution < 1.29 is 9.53 Å². The van der Waals surface area contributed by atoms with E-state index in [0.29, 0.717) is 30.1 Å². The first-order valence-electron chi connectivity index (χ1n) is 6.46. The number of carbonyl (C=O) groups excluding carboxylic acids is 1. The summed E-state index contributed by atoms with van der Waals surface area (Å²) in [5.41, 5.74) is 1.26. The normalized spacial score (nSPS) is 23.2. The number of halogens is 1. The number of hydrogen-bond acceptors (Lipinski definition) is 4. The van der Waals surface area contributed by atoms with E-state index in [1.807, 2.05) is 6.92 Å². The Balaban J connectivity index is 1.91. The molecule has 106 valence electrons. The lowest BCUT2D eigenvalue weighted by atomic mass is 10.1. The lowest BCUT2D eigenvalue weighted by molar-refractivity contribution is -0.0371. The maximum atomic E-state index is 12.7. The fraction of sp³-hybridized carbons (Fsp3) is 0.462. The van der Waals surface area contributed by atoms with Crippen LogP contribution < -0.4 is 0 Å². The number of fused-ring (bicyclic) bond motifs is 1. The summed E-state index contributed by atoms with van der Waals surface area (Å²) in [4.78, 5) is 18.5. The summed E-state index contributed by atoms with van der Waals surface area (Å²) in [6, 6.07) is 0.0218. The average Bonchev–Trinajstić information content (AvgIpc) is 2.91. The standard InChI is InChI=1S/C13H15ClN4O2/c1-9-8-20-10(4-14)7-17(9)13(19)11-5-16-18-3-2-15-6-12(11)18/h2-3,5-6,9-10H,4,7-8H2,1H3. The van der Waals surface area contributed by atoms with Gasteiger partial charge in [0.1, 0.15) is 0 Å². The van der Waals surface area contributed by atoms with Gasteiger partial charge in [0, 0.05) is 18.9 Å². The number of hydrogen-bond donors (Lipinski definition) is 0. The third kappa shape index (κ3) is 2.25. The molecule has 3 heterocycles. The molecule has 2 aromatic rings. The predicted octanol–water partition coefficient (Wildman–Crippen LogP) is 1.20. The molecule has 0 saturated carbocycles. The van der Waals surface area contributed by atoms with Crippen molar-refractivity contribution in [1.82, 2.24) is 19.5 Å². The summed E-state index contributed by atoms with van der Waals surface area (Å²) in [7, 11) is 0. The van der Waals surface area contributed by atoms with Crippen molar-refractivity contribution in [3.05, 3.63) is 30.4 Å². The van der Waals surface area contributed by atoms with Crippen LogP contribution in [0.15, 0.2) is 24.8 Å². The first-order chi connectivity index (χ1) is 9.70. The minimum Gasteiger partial charge on any atom is -0.373 e. The van der Waals surface area contributed by atoms with Crippen molar-refractivity contribution in [3.63, 3.8) is 0 Å². The Morgan fingerprint density at radius 1 is 1.55 bits per heavy atom. The van der Waals surface area contributed by atoms with Crippen LogP contribution >= 0.6 is 11.6 Å². The van der Waals surface area contributed by atoms with E-state index in [0.717, 1.165) is 0 Å². The Labute approximate surface area is 121 Å². The summed E-state index contributed by atoms with van der Waals surface area (Å²) < 4.78 is 7.21. The van der Waals surface area contributed by atoms with Crippen molar-refractivity contribution >= 4 is 23.0 Å². The van der Waals surface area contributed by atoms with Crippen LogP contribution in [0.5, 0.6) is 0 Å². The number of amides is 1. The maximum Gasteiger partial charge on any atom is 0.258 e. The van der Waals surface area contributed by atoms with Crippen LogP contribution in [-0.4, -0.2) is 56.6 Å². The number of ether oxygens (including phenoxy) is 1. The van der Waals surface area contributed by atoms with Gasteiger partial charge < -0.3 is 9.64 Å². The minimum absolute atomic E-state index is 0.0218. The third-order valence-corrected chi connectivity index (χ3v) is 3.84. The van der Waals surface area contributed by atoms with Crippen molar-refractivity contribution in [2.45, 2.75) is 19.1 Å². The summed E-state index contributed by atoms with van der Waals surface area (Å²) in [5.74, 6) is 0.325. The molecule has 20 heavy (non-hydrogen) atoms. The van der Waals surface area contributed by atoms with E-state index in [1.54, 1.807) is 34.2 Å². The molecule has 7 heteroatoms. The number of alkyl halides is 1. The molecular weight excluding hydrogens is 280 g/mol. The van der Waals surface area contributed by atoms with Crippen LogP contribution in [0.1, 0.15) is 17.3 Å². The summed E-state index contributed by atoms with van der Waals surface area (Å²) in [6.07, 6.45) is 6.46. The molecule has 1 aliphatic rings. The van der Waals surface area contributed by atoms with Gasteiger partial charge in [-0.25, -0.2) is 4.52 Å². The number of morpholine rings is 1. The molecule has 1 fully saturated rings. The average molecular weight is 295 g/mol. The topological polar surface area (TPSA) is 59.7 Å². The smallest absolute Gasteiger partial charge is 0.258 e. The fourth-order valence-electron chi connectivity index (χ4n) is 2.35. The van der Waals surface area contributed by atoms with Gasteiger partial charge in [-0.1, -0.05) is 0 Å². The Morgan fingerprint density at radius 2 is 2.40 bits per heavy atom. The van der Waals surface area contributed by atoms with E-state index in [1.165, 1.54) is 0 Å². The van der Waals surface area contributed by atoms with Gasteiger partial charge in [-0.3, -0.25) is 9.78 Å². The number of carbonyl (C=O) groups is 1. The van der Waals surface area contributed by atoms with Gasteiger partial charge in [-0.05, 0) is 6.92 Å². The molecule has 0 radical (unpaired) electrons. The Kier molecular flexibility index (Phi) is 3.58. The molecule has 0 N–H and O–H groups in total. The molecule has 0 aromatic carbocycles. The highest BCUT2D eigenvalue weighted by Crippen LogP contribution is 2.18. The molecule has 2 unspecified atom stereocenters. The van der Waals surface area contributed by atoms with Gasteiger partial charge in [0.05, 0.1) is 48.1 Å². The van der Waals surface area contributed by atoms with Crippen LogP contribution in [0, 0.1) is 0 Å². The monoisotopic (exact) mass is 294 g/mol. The van der Waals surface area contributed by atoms with Crippen LogP contribution in [0.2, 0.25) is 0 Å². The van der Waals surface area contributed by atoms with Gasteiger partial charge in [-0.2, -0.15) is 5.10 Å². The van der Waals surface area contributed by atoms with Gasteiger partial charge in [0.2, 0.25) is 0 Å². The predicted molar refractivity (Wildman–Crippen MR) is 73.9 cm³/mol. The molecule has 1 amide bonds. The summed E-state index contributed by atoms with van der Waals surface area (Å²) >= 11 is 5.83. The first-order valence-corrected chi connectivity index (χ1v) is 7.00. The van der Waals surface area contributed by atoms with E-state index >= 15 is 0 Å². The zero-order chi connectivity index (χ0) is 14.1. The number of aromatic nitrogens is 3. The van der Waals surface area contributed by atoms with Crippen molar-refractivity contribution in [2.75, 3.05) is 19.0 Å². The zero-order valence-electron chi connectivity index (χ0n) is 11.1. The Bertz CT molecular complexity index is 630. The second kappa shape index (κ2) is 5.38. The quantitative estimate of drug-likeness (QED) is 0.781. The summed E-state index contributed by atoms with van der Waals surface area (Å²) in [5, 5.41) is 4.17. The molecular formula is C13H15ClN4O2. The van der Waals surface area contributed by atoms with Crippen molar-refractivity contribution in [3.8, 4) is 0 Å². The highest BCUT2D eigenvalue weighted by atomic mass is 35.5. The lowest BCUT2D eigenvalue weighted by Gasteiger charge is -2.37. The maximum absolute atomic E-state index is 12.7. The number of nitrogens with zero attached hydrogens (tertiary/aromatic N) is 4. The fourth-order valence-corrected chi connectivity index (χ4v) is 2.53. The molecule has 2 atom stereocenters. The molecule has 1 saturated heterocycles. The molecule has 0 bridgehead atoms. The first kappa shape index (κ1) is 13.3. The van der Waals surface area contributed by atoms with Gasteiger partial charge in [0.15, 0.2) is 0 Å². The van der Waals surface area contributed by atoms with Gasteiger partial charge in [0.25, 0.3) is 5.91 Å². The van der Waals surface area contributed by atoms with E-state index in [9.17, 15) is 4.79 Å². The van der Waals surface area contributed by atoms with Gasteiger partial charge in [-0.15, -0.1) is 11.6 Å². The molecule has 0 aliphatic carbocycles. The molecule has 0 spiro atoms. The van der Waals surface area contributed by atoms with Crippen LogP contribution in [0.4, 0.5) is 0 Å².